The van der Waals surface area contributed by atoms with Crippen molar-refractivity contribution in [1.29, 1.82) is 0 Å². The Balaban J connectivity index is 2.55. The van der Waals surface area contributed by atoms with Gasteiger partial charge in [-0.2, -0.15) is 0 Å². The third-order valence-electron chi connectivity index (χ3n) is 2.45. The smallest absolute Gasteiger partial charge is 0.214 e. The Kier molecular flexibility index (Phi) is 3.44. The van der Waals surface area contributed by atoms with Crippen molar-refractivity contribution in [3.8, 4) is 0 Å². The molecule has 0 amide bonds. The molecular weight excluding hydrogens is 350 g/mol. The Morgan fingerprint density at radius 1 is 1.35 bits per heavy atom. The van der Waals surface area contributed by atoms with Crippen molar-refractivity contribution in [2.24, 2.45) is 7.05 Å². The quantitative estimate of drug-likeness (QED) is 0.775. The van der Waals surface area contributed by atoms with Crippen molar-refractivity contribution in [3.63, 3.8) is 0 Å². The molecule has 0 saturated carbocycles. The van der Waals surface area contributed by atoms with Crippen LogP contribution in [0.3, 0.4) is 0 Å². The second-order valence-corrected chi connectivity index (χ2v) is 5.31. The molecule has 88 valence electrons. The zero-order valence-corrected chi connectivity index (χ0v) is 12.4. The monoisotopic (exact) mass is 357 g/mol. The van der Waals surface area contributed by atoms with E-state index in [1.165, 1.54) is 4.68 Å². The lowest BCUT2D eigenvalue weighted by molar-refractivity contribution is 0.102. The molecule has 0 atom stereocenters. The summed E-state index contributed by atoms with van der Waals surface area (Å²) in [4.78, 5) is 12.4. The highest BCUT2D eigenvalue weighted by molar-refractivity contribution is 9.10. The van der Waals surface area contributed by atoms with Gasteiger partial charge in [0.05, 0.1) is 0 Å². The van der Waals surface area contributed by atoms with Crippen LogP contribution in [-0.2, 0) is 7.05 Å². The minimum absolute atomic E-state index is 0.0943. The molecule has 0 aliphatic heterocycles. The van der Waals surface area contributed by atoms with Gasteiger partial charge in [-0.1, -0.05) is 27.2 Å². The van der Waals surface area contributed by atoms with Gasteiger partial charge >= 0.3 is 0 Å². The predicted octanol–water partition coefficient (Wildman–Crippen LogP) is 2.88. The minimum atomic E-state index is -0.0943. The van der Waals surface area contributed by atoms with Crippen LogP contribution in [0.15, 0.2) is 27.3 Å². The summed E-state index contributed by atoms with van der Waals surface area (Å²) in [5, 5.41) is 7.61. The van der Waals surface area contributed by atoms with Gasteiger partial charge in [-0.3, -0.25) is 4.79 Å². The lowest BCUT2D eigenvalue weighted by atomic mass is 10.0. The predicted molar refractivity (Wildman–Crippen MR) is 71.0 cm³/mol. The van der Waals surface area contributed by atoms with Gasteiger partial charge in [-0.05, 0) is 40.5 Å². The zero-order valence-electron chi connectivity index (χ0n) is 9.24. The molecule has 0 aliphatic carbocycles. The van der Waals surface area contributed by atoms with Crippen molar-refractivity contribution in [2.45, 2.75) is 6.92 Å². The van der Waals surface area contributed by atoms with E-state index < -0.39 is 0 Å². The fraction of sp³-hybridized carbons (Fsp3) is 0.182. The molecular formula is C11H9Br2N3O. The molecule has 0 aliphatic rings. The maximum atomic E-state index is 12.4. The Morgan fingerprint density at radius 2 is 2.06 bits per heavy atom. The van der Waals surface area contributed by atoms with E-state index in [4.69, 9.17) is 0 Å². The second-order valence-electron chi connectivity index (χ2n) is 3.64. The number of nitrogens with zero attached hydrogens (tertiary/aromatic N) is 3. The van der Waals surface area contributed by atoms with Crippen LogP contribution < -0.4 is 0 Å². The number of hydrogen-bond acceptors (Lipinski definition) is 3. The van der Waals surface area contributed by atoms with Crippen molar-refractivity contribution >= 4 is 37.6 Å². The first-order valence-corrected chi connectivity index (χ1v) is 6.45. The number of carbonyl (C=O) groups excluding carboxylic acids is 1. The van der Waals surface area contributed by atoms with Crippen molar-refractivity contribution in [1.82, 2.24) is 15.0 Å². The number of hydrogen-bond donors (Lipinski definition) is 0. The molecule has 0 unspecified atom stereocenters. The minimum Gasteiger partial charge on any atom is -0.287 e. The molecule has 17 heavy (non-hydrogen) atoms. The van der Waals surface area contributed by atoms with E-state index in [0.717, 1.165) is 10.0 Å². The standard InChI is InChI=1S/C11H9Br2N3O/c1-6-3-4-7(12)5-8(6)10(17)9-11(13)14-15-16(9)2/h3-5H,1-2H3. The van der Waals surface area contributed by atoms with Crippen LogP contribution >= 0.6 is 31.9 Å². The third-order valence-corrected chi connectivity index (χ3v) is 3.47. The molecule has 2 aromatic rings. The van der Waals surface area contributed by atoms with E-state index in [9.17, 15) is 4.79 Å². The Labute approximate surface area is 115 Å². The maximum Gasteiger partial charge on any atom is 0.214 e. The molecule has 0 bridgehead atoms. The Hall–Kier alpha value is -1.01. The molecule has 0 N–H and O–H groups in total. The fourth-order valence-electron chi connectivity index (χ4n) is 1.54. The summed E-state index contributed by atoms with van der Waals surface area (Å²) in [6.07, 6.45) is 0. The van der Waals surface area contributed by atoms with E-state index in [2.05, 4.69) is 42.2 Å². The molecule has 2 rings (SSSR count). The van der Waals surface area contributed by atoms with Gasteiger partial charge in [0, 0.05) is 17.1 Å². The van der Waals surface area contributed by atoms with Gasteiger partial charge in [0.15, 0.2) is 4.60 Å². The Morgan fingerprint density at radius 3 is 2.65 bits per heavy atom. The van der Waals surface area contributed by atoms with Gasteiger partial charge in [-0.25, -0.2) is 4.68 Å². The normalized spacial score (nSPS) is 10.6. The average molecular weight is 359 g/mol. The number of aromatic nitrogens is 3. The molecule has 6 heteroatoms. The van der Waals surface area contributed by atoms with E-state index in [-0.39, 0.29) is 5.78 Å². The second kappa shape index (κ2) is 4.70. The first kappa shape index (κ1) is 12.4. The van der Waals surface area contributed by atoms with Crippen molar-refractivity contribution in [2.75, 3.05) is 0 Å². The van der Waals surface area contributed by atoms with E-state index in [1.807, 2.05) is 19.1 Å². The van der Waals surface area contributed by atoms with Gasteiger partial charge < -0.3 is 0 Å². The summed E-state index contributed by atoms with van der Waals surface area (Å²) in [5.74, 6) is -0.0943. The number of carbonyl (C=O) groups is 1. The Bertz CT molecular complexity index is 573. The van der Waals surface area contributed by atoms with Crippen molar-refractivity contribution in [3.05, 3.63) is 44.1 Å². The number of aryl methyl sites for hydroxylation is 2. The van der Waals surface area contributed by atoms with Gasteiger partial charge in [0.2, 0.25) is 5.78 Å². The van der Waals surface area contributed by atoms with E-state index in [0.29, 0.717) is 15.9 Å². The number of benzene rings is 1. The molecule has 0 fully saturated rings. The molecule has 0 radical (unpaired) electrons. The van der Waals surface area contributed by atoms with Gasteiger partial charge in [0.1, 0.15) is 5.69 Å². The SMILES string of the molecule is Cc1ccc(Br)cc1C(=O)c1c(Br)nnn1C. The molecule has 1 aromatic carbocycles. The van der Waals surface area contributed by atoms with Crippen LogP contribution in [0.5, 0.6) is 0 Å². The highest BCUT2D eigenvalue weighted by Crippen LogP contribution is 2.22. The first-order chi connectivity index (χ1) is 8.00. The van der Waals surface area contributed by atoms with Gasteiger partial charge in [-0.15, -0.1) is 5.10 Å². The summed E-state index contributed by atoms with van der Waals surface area (Å²) in [6.45, 7) is 1.90. The summed E-state index contributed by atoms with van der Waals surface area (Å²) >= 11 is 6.59. The summed E-state index contributed by atoms with van der Waals surface area (Å²) in [6, 6.07) is 5.61. The topological polar surface area (TPSA) is 47.8 Å². The largest absolute Gasteiger partial charge is 0.287 e. The number of rotatable bonds is 2. The lowest BCUT2D eigenvalue weighted by Gasteiger charge is -2.05. The van der Waals surface area contributed by atoms with Crippen LogP contribution in [0, 0.1) is 6.92 Å². The highest BCUT2D eigenvalue weighted by Gasteiger charge is 2.20. The van der Waals surface area contributed by atoms with E-state index >= 15 is 0 Å². The molecule has 0 spiro atoms. The van der Waals surface area contributed by atoms with Crippen LogP contribution in [0.2, 0.25) is 0 Å². The fourth-order valence-corrected chi connectivity index (χ4v) is 2.41. The molecule has 0 saturated heterocycles. The van der Waals surface area contributed by atoms with Crippen molar-refractivity contribution < 1.29 is 4.79 Å². The average Bonchev–Trinajstić information content (AvgIpc) is 2.61. The van der Waals surface area contributed by atoms with Crippen LogP contribution in [0.4, 0.5) is 0 Å². The van der Waals surface area contributed by atoms with Gasteiger partial charge in [0.25, 0.3) is 0 Å². The first-order valence-electron chi connectivity index (χ1n) is 4.86. The number of ketones is 1. The third kappa shape index (κ3) is 2.32. The molecule has 1 heterocycles. The molecule has 4 nitrogen and oxygen atoms in total. The van der Waals surface area contributed by atoms with E-state index in [1.54, 1.807) is 13.1 Å². The highest BCUT2D eigenvalue weighted by atomic mass is 79.9. The van der Waals surface area contributed by atoms with Crippen LogP contribution in [-0.4, -0.2) is 20.8 Å². The summed E-state index contributed by atoms with van der Waals surface area (Å²) in [7, 11) is 1.69. The number of halogens is 2. The van der Waals surface area contributed by atoms with Crippen LogP contribution in [0.25, 0.3) is 0 Å². The maximum absolute atomic E-state index is 12.4. The lowest BCUT2D eigenvalue weighted by Crippen LogP contribution is -2.10. The molecule has 1 aromatic heterocycles. The summed E-state index contributed by atoms with van der Waals surface area (Å²) in [5.41, 5.74) is 2.02. The van der Waals surface area contributed by atoms with Crippen LogP contribution in [0.1, 0.15) is 21.6 Å². The zero-order chi connectivity index (χ0) is 12.6. The summed E-state index contributed by atoms with van der Waals surface area (Å²) < 4.78 is 2.80.